The van der Waals surface area contributed by atoms with E-state index in [-0.39, 0.29) is 12.5 Å². The molecule has 4 nitrogen and oxygen atoms in total. The molecule has 0 bridgehead atoms. The summed E-state index contributed by atoms with van der Waals surface area (Å²) in [5.41, 5.74) is 0.805. The van der Waals surface area contributed by atoms with E-state index >= 15 is 0 Å². The lowest BCUT2D eigenvalue weighted by Crippen LogP contribution is -2.29. The number of carboxylic acids is 1. The maximum atomic E-state index is 11.3. The van der Waals surface area contributed by atoms with Crippen molar-refractivity contribution >= 4 is 5.97 Å². The van der Waals surface area contributed by atoms with Crippen molar-refractivity contribution in [1.29, 1.82) is 0 Å². The molecule has 2 rings (SSSR count). The van der Waals surface area contributed by atoms with Crippen LogP contribution in [-0.4, -0.2) is 23.3 Å². The minimum atomic E-state index is -0.969. The van der Waals surface area contributed by atoms with Crippen molar-refractivity contribution in [2.45, 2.75) is 32.5 Å². The van der Waals surface area contributed by atoms with Gasteiger partial charge in [0.2, 0.25) is 0 Å². The van der Waals surface area contributed by atoms with Crippen LogP contribution < -0.4 is 4.74 Å². The van der Waals surface area contributed by atoms with E-state index in [0.717, 1.165) is 5.56 Å². The van der Waals surface area contributed by atoms with Gasteiger partial charge in [0.1, 0.15) is 11.5 Å². The number of para-hydroxylation sites is 2. The number of rotatable bonds is 7. The average molecular weight is 300 g/mol. The fraction of sp³-hybridized carbons (Fsp3) is 0.278. The Kier molecular flexibility index (Phi) is 5.55. The molecule has 0 spiro atoms. The molecular weight excluding hydrogens is 280 g/mol. The van der Waals surface area contributed by atoms with E-state index in [1.165, 1.54) is 0 Å². The summed E-state index contributed by atoms with van der Waals surface area (Å²) in [6, 6.07) is 16.8. The summed E-state index contributed by atoms with van der Waals surface area (Å²) in [4.78, 5) is 11.3. The molecular formula is C18H20O4. The first-order valence-electron chi connectivity index (χ1n) is 7.25. The van der Waals surface area contributed by atoms with Crippen molar-refractivity contribution < 1.29 is 19.4 Å². The minimum absolute atomic E-state index is 0.150. The van der Waals surface area contributed by atoms with Gasteiger partial charge in [-0.05, 0) is 37.6 Å². The number of hydrogen-bond donors (Lipinski definition) is 1. The first kappa shape index (κ1) is 16.0. The number of benzene rings is 2. The highest BCUT2D eigenvalue weighted by Gasteiger charge is 2.21. The Balaban J connectivity index is 2.18. The molecule has 1 unspecified atom stereocenters. The van der Waals surface area contributed by atoms with Gasteiger partial charge in [0.05, 0.1) is 6.10 Å². The quantitative estimate of drug-likeness (QED) is 0.842. The molecule has 2 aromatic rings. The number of carboxylic acid groups (broad SMARTS) is 1. The average Bonchev–Trinajstić information content (AvgIpc) is 2.49. The Morgan fingerprint density at radius 3 is 2.32 bits per heavy atom. The third kappa shape index (κ3) is 4.60. The largest absolute Gasteiger partial charge is 0.479 e. The third-order valence-electron chi connectivity index (χ3n) is 3.06. The van der Waals surface area contributed by atoms with Crippen molar-refractivity contribution in [2.75, 3.05) is 0 Å². The van der Waals surface area contributed by atoms with Gasteiger partial charge in [-0.15, -0.1) is 0 Å². The van der Waals surface area contributed by atoms with E-state index in [2.05, 4.69) is 0 Å². The van der Waals surface area contributed by atoms with Crippen LogP contribution in [0.1, 0.15) is 19.4 Å². The van der Waals surface area contributed by atoms with Gasteiger partial charge in [0.25, 0.3) is 0 Å². The first-order valence-corrected chi connectivity index (χ1v) is 7.25. The maximum Gasteiger partial charge on any atom is 0.333 e. The second-order valence-corrected chi connectivity index (χ2v) is 5.24. The summed E-state index contributed by atoms with van der Waals surface area (Å²) in [6.07, 6.45) is -0.778. The Labute approximate surface area is 130 Å². The van der Waals surface area contributed by atoms with Gasteiger partial charge in [-0.1, -0.05) is 36.4 Å². The van der Waals surface area contributed by atoms with Gasteiger partial charge < -0.3 is 14.6 Å². The zero-order valence-electron chi connectivity index (χ0n) is 12.7. The summed E-state index contributed by atoms with van der Waals surface area (Å²) in [5, 5.41) is 9.30. The van der Waals surface area contributed by atoms with Gasteiger partial charge in [-0.3, -0.25) is 0 Å². The lowest BCUT2D eigenvalue weighted by molar-refractivity contribution is -0.153. The second-order valence-electron chi connectivity index (χ2n) is 5.24. The lowest BCUT2D eigenvalue weighted by atomic mass is 10.1. The molecule has 0 fully saturated rings. The standard InChI is InChI=1S/C18H20O4/c1-13(2)21-17(18(19)20)12-14-8-6-7-11-16(14)22-15-9-4-3-5-10-15/h3-11,13,17H,12H2,1-2H3,(H,19,20). The Morgan fingerprint density at radius 2 is 1.68 bits per heavy atom. The molecule has 0 aliphatic heterocycles. The lowest BCUT2D eigenvalue weighted by Gasteiger charge is -2.18. The van der Waals surface area contributed by atoms with E-state index in [1.54, 1.807) is 0 Å². The molecule has 1 atom stereocenters. The van der Waals surface area contributed by atoms with Gasteiger partial charge in [-0.25, -0.2) is 4.79 Å². The normalized spacial score (nSPS) is 12.1. The van der Waals surface area contributed by atoms with Crippen LogP contribution in [0.3, 0.4) is 0 Å². The van der Waals surface area contributed by atoms with Crippen molar-refractivity contribution in [1.82, 2.24) is 0 Å². The van der Waals surface area contributed by atoms with E-state index in [9.17, 15) is 9.90 Å². The number of ether oxygens (including phenoxy) is 2. The van der Waals surface area contributed by atoms with Crippen molar-refractivity contribution in [3.8, 4) is 11.5 Å². The molecule has 1 N–H and O–H groups in total. The Morgan fingerprint density at radius 1 is 1.05 bits per heavy atom. The summed E-state index contributed by atoms with van der Waals surface area (Å²) in [5.74, 6) is 0.391. The van der Waals surface area contributed by atoms with E-state index < -0.39 is 12.1 Å². The molecule has 0 saturated carbocycles. The van der Waals surface area contributed by atoms with Crippen molar-refractivity contribution in [3.63, 3.8) is 0 Å². The fourth-order valence-corrected chi connectivity index (χ4v) is 2.11. The zero-order valence-corrected chi connectivity index (χ0v) is 12.7. The Bertz CT molecular complexity index is 607. The molecule has 0 aliphatic carbocycles. The van der Waals surface area contributed by atoms with Crippen LogP contribution in [0.4, 0.5) is 0 Å². The Hall–Kier alpha value is -2.33. The molecule has 2 aromatic carbocycles. The summed E-state index contributed by atoms with van der Waals surface area (Å²) in [7, 11) is 0. The van der Waals surface area contributed by atoms with Gasteiger partial charge in [0.15, 0.2) is 6.10 Å². The van der Waals surface area contributed by atoms with Crippen LogP contribution in [0.25, 0.3) is 0 Å². The highest BCUT2D eigenvalue weighted by molar-refractivity contribution is 5.73. The molecule has 22 heavy (non-hydrogen) atoms. The topological polar surface area (TPSA) is 55.8 Å². The van der Waals surface area contributed by atoms with Crippen LogP contribution in [0.15, 0.2) is 54.6 Å². The SMILES string of the molecule is CC(C)OC(Cc1ccccc1Oc1ccccc1)C(=O)O. The van der Waals surface area contributed by atoms with Gasteiger partial charge in [-0.2, -0.15) is 0 Å². The minimum Gasteiger partial charge on any atom is -0.479 e. The molecule has 0 aliphatic rings. The zero-order chi connectivity index (χ0) is 15.9. The smallest absolute Gasteiger partial charge is 0.333 e. The number of hydrogen-bond acceptors (Lipinski definition) is 3. The molecule has 0 amide bonds. The summed E-state index contributed by atoms with van der Waals surface area (Å²) < 4.78 is 11.3. The number of aliphatic carboxylic acids is 1. The molecule has 0 heterocycles. The molecule has 116 valence electrons. The van der Waals surface area contributed by atoms with Crippen LogP contribution >= 0.6 is 0 Å². The van der Waals surface area contributed by atoms with E-state index in [0.29, 0.717) is 11.5 Å². The predicted octanol–water partition coefficient (Wildman–Crippen LogP) is 3.90. The fourth-order valence-electron chi connectivity index (χ4n) is 2.11. The van der Waals surface area contributed by atoms with Crippen molar-refractivity contribution in [2.24, 2.45) is 0 Å². The highest BCUT2D eigenvalue weighted by atomic mass is 16.5. The van der Waals surface area contributed by atoms with Crippen LogP contribution in [-0.2, 0) is 16.0 Å². The van der Waals surface area contributed by atoms with Gasteiger partial charge in [0, 0.05) is 6.42 Å². The van der Waals surface area contributed by atoms with Crippen LogP contribution in [0.2, 0.25) is 0 Å². The van der Waals surface area contributed by atoms with Crippen LogP contribution in [0, 0.1) is 0 Å². The second kappa shape index (κ2) is 7.61. The van der Waals surface area contributed by atoms with Crippen molar-refractivity contribution in [3.05, 3.63) is 60.2 Å². The molecule has 0 aromatic heterocycles. The van der Waals surface area contributed by atoms with Crippen LogP contribution in [0.5, 0.6) is 11.5 Å². The predicted molar refractivity (Wildman–Crippen MR) is 84.3 cm³/mol. The van der Waals surface area contributed by atoms with E-state index in [1.807, 2.05) is 68.4 Å². The van der Waals surface area contributed by atoms with Gasteiger partial charge >= 0.3 is 5.97 Å². The summed E-state index contributed by atoms with van der Waals surface area (Å²) in [6.45, 7) is 3.64. The first-order chi connectivity index (χ1) is 10.6. The highest BCUT2D eigenvalue weighted by Crippen LogP contribution is 2.26. The number of carbonyl (C=O) groups is 1. The maximum absolute atomic E-state index is 11.3. The molecule has 4 heteroatoms. The van der Waals surface area contributed by atoms with E-state index in [4.69, 9.17) is 9.47 Å². The summed E-state index contributed by atoms with van der Waals surface area (Å²) >= 11 is 0. The third-order valence-corrected chi connectivity index (χ3v) is 3.06. The molecule has 0 saturated heterocycles. The molecule has 0 radical (unpaired) electrons. The monoisotopic (exact) mass is 300 g/mol.